The summed E-state index contributed by atoms with van der Waals surface area (Å²) in [6.45, 7) is 52.0. The minimum Gasteiger partial charge on any atom is -0.311 e. The van der Waals surface area contributed by atoms with E-state index in [0.717, 1.165) is 0 Å². The molecule has 0 bridgehead atoms. The Kier molecular flexibility index (Phi) is 11.4. The Morgan fingerprint density at radius 1 is 0.400 bits per heavy atom. The van der Waals surface area contributed by atoms with Crippen LogP contribution in [0.3, 0.4) is 0 Å². The van der Waals surface area contributed by atoms with Gasteiger partial charge in [-0.05, 0) is 263 Å². The Labute approximate surface area is 487 Å². The molecule has 4 heteroatoms. The molecule has 0 spiro atoms. The average molecular weight is 1080 g/mol. The fraction of sp³-hybridized carbons (Fsp3) is 0.500. The lowest BCUT2D eigenvalue weighted by Gasteiger charge is -2.48. The number of benzene rings is 6. The lowest BCUT2D eigenvalue weighted by atomic mass is 9.33. The monoisotopic (exact) mass is 1080 g/mol. The van der Waals surface area contributed by atoms with Gasteiger partial charge in [-0.1, -0.05) is 156 Å². The Balaban J connectivity index is 1.18. The molecule has 416 valence electrons. The van der Waals surface area contributed by atoms with Gasteiger partial charge in [0.15, 0.2) is 0 Å². The lowest BCUT2D eigenvalue weighted by molar-refractivity contribution is 0.332. The molecule has 0 saturated heterocycles. The summed E-state index contributed by atoms with van der Waals surface area (Å²) in [5.41, 5.74) is 30.5. The molecule has 0 amide bonds. The van der Waals surface area contributed by atoms with E-state index in [1.807, 2.05) is 0 Å². The Hall–Kier alpha value is -5.06. The smallest absolute Gasteiger partial charge is 0.254 e. The van der Waals surface area contributed by atoms with Crippen molar-refractivity contribution in [1.29, 1.82) is 0 Å². The maximum Gasteiger partial charge on any atom is 0.254 e. The molecule has 6 aliphatic rings. The summed E-state index contributed by atoms with van der Waals surface area (Å²) in [7, 11) is 0. The standard InChI is InChI=1S/C76H93BN2S/c1-44-34-62-66-63(35-44)79(60-25-22-46(68(3,4)5)37-49(60)48-39-54-52(36-45(48)2)70(8,9)28-29-72(54,12)13)67-65(50-40-55-58(43-64(50)80-67)76(20,21)33-30-73(55,14)15)77(66)59-41-56-57(75(18,19)32-31-74(56,16)17)42-61(59)78(62)47-23-24-51-53(38-47)71(10,11)27-26-69(51,6)7/h22-25,34-43H,26-33H2,1-21H3. The van der Waals surface area contributed by atoms with Crippen molar-refractivity contribution in [1.82, 2.24) is 0 Å². The number of thiophene rings is 1. The van der Waals surface area contributed by atoms with E-state index in [-0.39, 0.29) is 55.4 Å². The van der Waals surface area contributed by atoms with Crippen molar-refractivity contribution in [2.75, 3.05) is 9.80 Å². The molecular weight excluding hydrogens is 984 g/mol. The summed E-state index contributed by atoms with van der Waals surface area (Å²) < 4.78 is 1.42. The second kappa shape index (κ2) is 16.8. The highest BCUT2D eigenvalue weighted by Gasteiger charge is 2.50. The normalized spacial score (nSPS) is 21.6. The zero-order valence-corrected chi connectivity index (χ0v) is 53.9. The maximum absolute atomic E-state index is 2.81. The first-order chi connectivity index (χ1) is 37.0. The van der Waals surface area contributed by atoms with Crippen LogP contribution >= 0.6 is 11.3 Å². The summed E-state index contributed by atoms with van der Waals surface area (Å²) in [6, 6.07) is 36.6. The highest BCUT2D eigenvalue weighted by molar-refractivity contribution is 7.26. The Morgan fingerprint density at radius 3 is 1.41 bits per heavy atom. The fourth-order valence-electron chi connectivity index (χ4n) is 16.4. The Bertz CT molecular complexity index is 3820. The molecule has 0 fully saturated rings. The van der Waals surface area contributed by atoms with E-state index in [1.165, 1.54) is 178 Å². The molecule has 4 aliphatic carbocycles. The van der Waals surface area contributed by atoms with E-state index < -0.39 is 0 Å². The predicted octanol–water partition coefficient (Wildman–Crippen LogP) is 20.0. The molecule has 0 saturated carbocycles. The van der Waals surface area contributed by atoms with Crippen LogP contribution in [-0.4, -0.2) is 6.71 Å². The quantitative estimate of drug-likeness (QED) is 0.163. The molecule has 13 rings (SSSR count). The average Bonchev–Trinajstić information content (AvgIpc) is 3.56. The van der Waals surface area contributed by atoms with Crippen molar-refractivity contribution in [3.63, 3.8) is 0 Å². The second-order valence-electron chi connectivity index (χ2n) is 33.0. The van der Waals surface area contributed by atoms with Gasteiger partial charge >= 0.3 is 0 Å². The highest BCUT2D eigenvalue weighted by atomic mass is 32.1. The predicted molar refractivity (Wildman–Crippen MR) is 351 cm³/mol. The molecule has 2 aliphatic heterocycles. The maximum atomic E-state index is 2.81. The summed E-state index contributed by atoms with van der Waals surface area (Å²) in [4.78, 5) is 5.57. The van der Waals surface area contributed by atoms with Crippen LogP contribution in [0, 0.1) is 13.8 Å². The summed E-state index contributed by atoms with van der Waals surface area (Å²) in [5, 5.41) is 2.82. The van der Waals surface area contributed by atoms with Gasteiger partial charge in [0.2, 0.25) is 0 Å². The third-order valence-electron chi connectivity index (χ3n) is 22.5. The number of aryl methyl sites for hydroxylation is 2. The van der Waals surface area contributed by atoms with Crippen molar-refractivity contribution >= 4 is 78.0 Å². The number of hydrogen-bond donors (Lipinski definition) is 0. The molecule has 7 aromatic rings. The molecule has 80 heavy (non-hydrogen) atoms. The molecule has 2 nitrogen and oxygen atoms in total. The molecule has 0 N–H and O–H groups in total. The van der Waals surface area contributed by atoms with E-state index in [2.05, 4.69) is 251 Å². The van der Waals surface area contributed by atoms with E-state index in [9.17, 15) is 0 Å². The zero-order valence-electron chi connectivity index (χ0n) is 53.1. The number of anilines is 6. The summed E-state index contributed by atoms with van der Waals surface area (Å²) >= 11 is 2.06. The van der Waals surface area contributed by atoms with Gasteiger partial charge in [-0.15, -0.1) is 11.3 Å². The topological polar surface area (TPSA) is 6.48 Å². The van der Waals surface area contributed by atoms with Crippen LogP contribution in [0.25, 0.3) is 21.2 Å². The summed E-state index contributed by atoms with van der Waals surface area (Å²) in [6.07, 6.45) is 9.52. The molecule has 0 unspecified atom stereocenters. The number of fused-ring (bicyclic) bond motifs is 10. The minimum absolute atomic E-state index is 0.0227. The molecule has 3 heterocycles. The minimum atomic E-state index is -0.0437. The third kappa shape index (κ3) is 7.88. The van der Waals surface area contributed by atoms with Crippen molar-refractivity contribution in [3.05, 3.63) is 146 Å². The van der Waals surface area contributed by atoms with Crippen LogP contribution in [0.2, 0.25) is 0 Å². The van der Waals surface area contributed by atoms with E-state index in [4.69, 9.17) is 0 Å². The van der Waals surface area contributed by atoms with E-state index in [1.54, 1.807) is 5.56 Å². The van der Waals surface area contributed by atoms with Crippen molar-refractivity contribution in [3.8, 4) is 11.1 Å². The van der Waals surface area contributed by atoms with Gasteiger partial charge in [0.25, 0.3) is 6.71 Å². The van der Waals surface area contributed by atoms with Gasteiger partial charge in [0, 0.05) is 33.0 Å². The van der Waals surface area contributed by atoms with Crippen molar-refractivity contribution in [2.24, 2.45) is 0 Å². The van der Waals surface area contributed by atoms with Gasteiger partial charge in [-0.2, -0.15) is 0 Å². The molecular formula is C76H93BN2S. The molecule has 1 aromatic heterocycles. The first-order valence-electron chi connectivity index (χ1n) is 31.0. The number of nitrogens with zero attached hydrogens (tertiary/aromatic N) is 2. The van der Waals surface area contributed by atoms with Crippen LogP contribution < -0.4 is 26.2 Å². The largest absolute Gasteiger partial charge is 0.311 e. The summed E-state index contributed by atoms with van der Waals surface area (Å²) in [5.74, 6) is 0. The first-order valence-corrected chi connectivity index (χ1v) is 31.9. The van der Waals surface area contributed by atoms with Gasteiger partial charge < -0.3 is 9.80 Å². The second-order valence-corrected chi connectivity index (χ2v) is 34.0. The molecule has 0 radical (unpaired) electrons. The fourth-order valence-corrected chi connectivity index (χ4v) is 17.7. The number of rotatable bonds is 3. The van der Waals surface area contributed by atoms with Gasteiger partial charge in [-0.3, -0.25) is 0 Å². The molecule has 6 aromatic carbocycles. The highest BCUT2D eigenvalue weighted by Crippen LogP contribution is 2.57. The van der Waals surface area contributed by atoms with Crippen LogP contribution in [-0.2, 0) is 48.7 Å². The van der Waals surface area contributed by atoms with E-state index in [0.29, 0.717) is 0 Å². The Morgan fingerprint density at radius 2 is 0.863 bits per heavy atom. The van der Waals surface area contributed by atoms with Crippen LogP contribution in [0.1, 0.15) is 244 Å². The third-order valence-corrected chi connectivity index (χ3v) is 23.6. The van der Waals surface area contributed by atoms with Crippen LogP contribution in [0.5, 0.6) is 0 Å². The molecule has 0 atom stereocenters. The van der Waals surface area contributed by atoms with Gasteiger partial charge in [-0.25, -0.2) is 0 Å². The SMILES string of the molecule is Cc1cc2c3c(c1)N(c1ccc(C(C)(C)C)cc1-c1cc4c(cc1C)C(C)(C)CCC4(C)C)c1sc4cc5c(cc4c1B3c1cc3c(cc1N2c1ccc2c(c1)C(C)(C)CCC2(C)C)C(C)(C)CCC3(C)C)C(C)(C)CCC5(C)C. The first kappa shape index (κ1) is 54.2. The van der Waals surface area contributed by atoms with Crippen molar-refractivity contribution < 1.29 is 0 Å². The number of hydrogen-bond acceptors (Lipinski definition) is 3. The zero-order chi connectivity index (χ0) is 57.4. The van der Waals surface area contributed by atoms with Crippen molar-refractivity contribution in [2.45, 2.75) is 245 Å². The van der Waals surface area contributed by atoms with Gasteiger partial charge in [0.1, 0.15) is 0 Å². The van der Waals surface area contributed by atoms with Gasteiger partial charge in [0.05, 0.1) is 10.7 Å². The van der Waals surface area contributed by atoms with E-state index >= 15 is 0 Å². The van der Waals surface area contributed by atoms with Crippen LogP contribution in [0.4, 0.5) is 33.4 Å². The lowest BCUT2D eigenvalue weighted by Crippen LogP contribution is -2.61. The van der Waals surface area contributed by atoms with Crippen LogP contribution in [0.15, 0.2) is 84.9 Å².